The molecule has 0 unspecified atom stereocenters. The predicted molar refractivity (Wildman–Crippen MR) is 115 cm³/mol. The van der Waals surface area contributed by atoms with Gasteiger partial charge in [-0.3, -0.25) is 9.10 Å². The molecule has 0 bridgehead atoms. The number of nitrogens with one attached hydrogen (secondary N) is 1. The molecule has 0 aliphatic heterocycles. The van der Waals surface area contributed by atoms with Gasteiger partial charge in [0.1, 0.15) is 5.75 Å². The van der Waals surface area contributed by atoms with E-state index < -0.39 is 21.9 Å². The lowest BCUT2D eigenvalue weighted by Gasteiger charge is -2.19. The Kier molecular flexibility index (Phi) is 7.34. The van der Waals surface area contributed by atoms with Crippen LogP contribution in [-0.2, 0) is 14.8 Å². The van der Waals surface area contributed by atoms with E-state index in [-0.39, 0.29) is 39.8 Å². The molecule has 10 nitrogen and oxygen atoms in total. The number of anilines is 2. The molecule has 0 atom stereocenters. The molecule has 0 aliphatic carbocycles. The first-order valence-corrected chi connectivity index (χ1v) is 10.7. The van der Waals surface area contributed by atoms with Gasteiger partial charge in [-0.25, -0.2) is 13.2 Å². The molecule has 1 amide bonds. The predicted octanol–water partition coefficient (Wildman–Crippen LogP) is 2.15. The van der Waals surface area contributed by atoms with Crippen LogP contribution in [0.2, 0.25) is 0 Å². The molecule has 0 saturated carbocycles. The highest BCUT2D eigenvalue weighted by Crippen LogP contribution is 2.34. The van der Waals surface area contributed by atoms with E-state index in [0.717, 1.165) is 10.6 Å². The summed E-state index contributed by atoms with van der Waals surface area (Å²) in [6, 6.07) is 7.15. The van der Waals surface area contributed by atoms with Crippen LogP contribution in [0.3, 0.4) is 0 Å². The van der Waals surface area contributed by atoms with Crippen molar-refractivity contribution in [1.29, 1.82) is 0 Å². The van der Waals surface area contributed by atoms with E-state index in [1.165, 1.54) is 65.8 Å². The molecule has 0 spiro atoms. The van der Waals surface area contributed by atoms with Crippen molar-refractivity contribution in [3.05, 3.63) is 41.5 Å². The van der Waals surface area contributed by atoms with Crippen molar-refractivity contribution >= 4 is 33.3 Å². The SMILES string of the molecule is COC(=O)c1cc(OC)c(OC)cc1NC(=O)c1cc(N(C)S(C)(=O)=O)ccc1OC. The second-order valence-electron chi connectivity index (χ2n) is 6.31. The Hall–Kier alpha value is -3.47. The summed E-state index contributed by atoms with van der Waals surface area (Å²) in [5, 5.41) is 2.62. The highest BCUT2D eigenvalue weighted by molar-refractivity contribution is 7.92. The van der Waals surface area contributed by atoms with Crippen LogP contribution in [0.4, 0.5) is 11.4 Å². The zero-order valence-electron chi connectivity index (χ0n) is 18.0. The molecule has 2 rings (SSSR count). The number of hydrogen-bond acceptors (Lipinski definition) is 8. The van der Waals surface area contributed by atoms with Crippen LogP contribution in [0.5, 0.6) is 17.2 Å². The van der Waals surface area contributed by atoms with E-state index in [9.17, 15) is 18.0 Å². The molecular weight excluding hydrogens is 428 g/mol. The smallest absolute Gasteiger partial charge is 0.340 e. The third-order valence-electron chi connectivity index (χ3n) is 4.47. The zero-order valence-corrected chi connectivity index (χ0v) is 18.8. The van der Waals surface area contributed by atoms with Crippen LogP contribution in [0.25, 0.3) is 0 Å². The molecule has 0 aliphatic rings. The summed E-state index contributed by atoms with van der Waals surface area (Å²) in [5.74, 6) is -0.576. The number of carbonyl (C=O) groups excluding carboxylic acids is 2. The fourth-order valence-electron chi connectivity index (χ4n) is 2.71. The van der Waals surface area contributed by atoms with E-state index in [0.29, 0.717) is 0 Å². The van der Waals surface area contributed by atoms with Crippen molar-refractivity contribution in [3.63, 3.8) is 0 Å². The third kappa shape index (κ3) is 5.18. The average molecular weight is 452 g/mol. The molecule has 0 saturated heterocycles. The average Bonchev–Trinajstić information content (AvgIpc) is 2.76. The van der Waals surface area contributed by atoms with E-state index >= 15 is 0 Å². The van der Waals surface area contributed by atoms with Gasteiger partial charge in [-0.2, -0.15) is 0 Å². The number of benzene rings is 2. The number of nitrogens with zero attached hydrogens (tertiary/aromatic N) is 1. The van der Waals surface area contributed by atoms with Gasteiger partial charge in [0.05, 0.1) is 57.2 Å². The van der Waals surface area contributed by atoms with Gasteiger partial charge in [0.2, 0.25) is 10.0 Å². The standard InChI is InChI=1S/C20H24N2O8S/c1-22(31(6,25)26)12-7-8-16(27-2)14(9-12)19(23)21-15-11-18(29-4)17(28-3)10-13(15)20(24)30-5/h7-11H,1-6H3,(H,21,23). The molecule has 31 heavy (non-hydrogen) atoms. The minimum atomic E-state index is -3.55. The Morgan fingerprint density at radius 1 is 0.871 bits per heavy atom. The Morgan fingerprint density at radius 3 is 1.97 bits per heavy atom. The van der Waals surface area contributed by atoms with Crippen LogP contribution < -0.4 is 23.8 Å². The van der Waals surface area contributed by atoms with E-state index in [2.05, 4.69) is 5.32 Å². The van der Waals surface area contributed by atoms with Gasteiger partial charge in [0, 0.05) is 19.2 Å². The Labute approximate surface area is 180 Å². The van der Waals surface area contributed by atoms with Crippen molar-refractivity contribution < 1.29 is 37.0 Å². The van der Waals surface area contributed by atoms with Crippen molar-refractivity contribution in [1.82, 2.24) is 0 Å². The second kappa shape index (κ2) is 9.56. The maximum atomic E-state index is 13.1. The Morgan fingerprint density at radius 2 is 1.45 bits per heavy atom. The summed E-state index contributed by atoms with van der Waals surface area (Å²) in [5.41, 5.74) is 0.463. The summed E-state index contributed by atoms with van der Waals surface area (Å²) in [7, 11) is 3.22. The first-order chi connectivity index (χ1) is 14.6. The van der Waals surface area contributed by atoms with E-state index in [1.807, 2.05) is 0 Å². The normalized spacial score (nSPS) is 10.8. The molecular formula is C20H24N2O8S. The number of hydrogen-bond donors (Lipinski definition) is 1. The van der Waals surface area contributed by atoms with Gasteiger partial charge in [-0.05, 0) is 18.2 Å². The summed E-state index contributed by atoms with van der Waals surface area (Å²) in [6.45, 7) is 0. The van der Waals surface area contributed by atoms with Crippen molar-refractivity contribution in [3.8, 4) is 17.2 Å². The number of amides is 1. The monoisotopic (exact) mass is 452 g/mol. The topological polar surface area (TPSA) is 120 Å². The Balaban J connectivity index is 2.55. The summed E-state index contributed by atoms with van der Waals surface area (Å²) in [4.78, 5) is 25.3. The number of esters is 1. The highest BCUT2D eigenvalue weighted by atomic mass is 32.2. The van der Waals surface area contributed by atoms with Crippen molar-refractivity contribution in [2.24, 2.45) is 0 Å². The van der Waals surface area contributed by atoms with Gasteiger partial charge in [-0.1, -0.05) is 0 Å². The molecule has 2 aromatic carbocycles. The number of rotatable bonds is 8. The lowest BCUT2D eigenvalue weighted by Crippen LogP contribution is -2.25. The van der Waals surface area contributed by atoms with Crippen LogP contribution in [0.15, 0.2) is 30.3 Å². The zero-order chi connectivity index (χ0) is 23.3. The van der Waals surface area contributed by atoms with Gasteiger partial charge < -0.3 is 24.3 Å². The first kappa shape index (κ1) is 23.8. The quantitative estimate of drug-likeness (QED) is 0.605. The fraction of sp³-hybridized carbons (Fsp3) is 0.300. The minimum absolute atomic E-state index is 0.0388. The largest absolute Gasteiger partial charge is 0.496 e. The third-order valence-corrected chi connectivity index (χ3v) is 5.67. The molecule has 1 N–H and O–H groups in total. The lowest BCUT2D eigenvalue weighted by atomic mass is 10.1. The lowest BCUT2D eigenvalue weighted by molar-refractivity contribution is 0.0601. The maximum Gasteiger partial charge on any atom is 0.340 e. The number of ether oxygens (including phenoxy) is 4. The fourth-order valence-corrected chi connectivity index (χ4v) is 3.21. The summed E-state index contributed by atoms with van der Waals surface area (Å²) >= 11 is 0. The van der Waals surface area contributed by atoms with E-state index in [1.54, 1.807) is 0 Å². The van der Waals surface area contributed by atoms with Crippen molar-refractivity contribution in [2.75, 3.05) is 51.4 Å². The molecule has 0 fully saturated rings. The molecule has 11 heteroatoms. The first-order valence-electron chi connectivity index (χ1n) is 8.85. The molecule has 2 aromatic rings. The molecule has 168 valence electrons. The van der Waals surface area contributed by atoms with Gasteiger partial charge >= 0.3 is 5.97 Å². The minimum Gasteiger partial charge on any atom is -0.496 e. The highest BCUT2D eigenvalue weighted by Gasteiger charge is 2.22. The number of sulfonamides is 1. The number of methoxy groups -OCH3 is 4. The molecule has 0 heterocycles. The molecule has 0 aromatic heterocycles. The second-order valence-corrected chi connectivity index (χ2v) is 8.33. The van der Waals surface area contributed by atoms with Gasteiger partial charge in [-0.15, -0.1) is 0 Å². The Bertz CT molecular complexity index is 1100. The van der Waals surface area contributed by atoms with Crippen LogP contribution >= 0.6 is 0 Å². The van der Waals surface area contributed by atoms with Crippen LogP contribution in [0, 0.1) is 0 Å². The van der Waals surface area contributed by atoms with Gasteiger partial charge in [0.25, 0.3) is 5.91 Å². The summed E-state index contributed by atoms with van der Waals surface area (Å²) < 4.78 is 45.2. The maximum absolute atomic E-state index is 13.1. The number of carbonyl (C=O) groups is 2. The van der Waals surface area contributed by atoms with E-state index in [4.69, 9.17) is 18.9 Å². The van der Waals surface area contributed by atoms with Crippen LogP contribution in [-0.4, -0.2) is 62.0 Å². The van der Waals surface area contributed by atoms with Crippen molar-refractivity contribution in [2.45, 2.75) is 0 Å². The van der Waals surface area contributed by atoms with Gasteiger partial charge in [0.15, 0.2) is 11.5 Å². The summed E-state index contributed by atoms with van der Waals surface area (Å²) in [6.07, 6.45) is 1.04. The van der Waals surface area contributed by atoms with Crippen LogP contribution in [0.1, 0.15) is 20.7 Å². The molecule has 0 radical (unpaired) electrons.